The Kier molecular flexibility index (Phi) is 7.92. The average Bonchev–Trinajstić information content (AvgIpc) is 2.92. The smallest absolute Gasteiger partial charge is 0.256 e. The molecule has 3 atom stereocenters. The van der Waals surface area contributed by atoms with Crippen molar-refractivity contribution in [2.45, 2.75) is 45.4 Å². The normalized spacial score (nSPS) is 25.3. The number of unbranched alkanes of at least 4 members (excludes halogenated alkanes) is 1. The topological polar surface area (TPSA) is 66.8 Å². The number of nitrogens with zero attached hydrogens (tertiary/aromatic N) is 1. The fourth-order valence-corrected chi connectivity index (χ4v) is 2.72. The SMILES string of the molecule is C=C/C(C(=O)N(C)C1OCC(CCCC)C1O)=C(C=O)\C=C/C. The van der Waals surface area contributed by atoms with E-state index in [1.54, 1.807) is 26.1 Å². The van der Waals surface area contributed by atoms with Gasteiger partial charge in [0.25, 0.3) is 5.91 Å². The molecule has 0 spiro atoms. The molecule has 23 heavy (non-hydrogen) atoms. The van der Waals surface area contributed by atoms with Crippen LogP contribution in [0.5, 0.6) is 0 Å². The van der Waals surface area contributed by atoms with E-state index < -0.39 is 12.3 Å². The van der Waals surface area contributed by atoms with E-state index in [-0.39, 0.29) is 23.0 Å². The van der Waals surface area contributed by atoms with Crippen LogP contribution in [0.1, 0.15) is 33.1 Å². The van der Waals surface area contributed by atoms with Gasteiger partial charge in [-0.15, -0.1) is 0 Å². The Morgan fingerprint density at radius 2 is 2.17 bits per heavy atom. The molecule has 1 heterocycles. The molecule has 5 heteroatoms. The summed E-state index contributed by atoms with van der Waals surface area (Å²) in [6.45, 7) is 7.91. The number of rotatable bonds is 8. The first-order chi connectivity index (χ1) is 11.0. The van der Waals surface area contributed by atoms with E-state index >= 15 is 0 Å². The fourth-order valence-electron chi connectivity index (χ4n) is 2.72. The van der Waals surface area contributed by atoms with E-state index in [9.17, 15) is 14.7 Å². The number of likely N-dealkylation sites (N-methyl/N-ethyl adjacent to an activating group) is 1. The Hall–Kier alpha value is -1.72. The van der Waals surface area contributed by atoms with Crippen LogP contribution >= 0.6 is 0 Å². The molecule has 1 aliphatic rings. The summed E-state index contributed by atoms with van der Waals surface area (Å²) in [5.41, 5.74) is 0.461. The molecule has 0 aromatic rings. The summed E-state index contributed by atoms with van der Waals surface area (Å²) < 4.78 is 5.62. The largest absolute Gasteiger partial charge is 0.388 e. The third-order valence-corrected chi connectivity index (χ3v) is 4.11. The molecule has 1 amide bonds. The number of aliphatic hydroxyl groups is 1. The highest BCUT2D eigenvalue weighted by atomic mass is 16.5. The van der Waals surface area contributed by atoms with Gasteiger partial charge in [-0.2, -0.15) is 0 Å². The molecule has 0 aromatic carbocycles. The highest BCUT2D eigenvalue weighted by Crippen LogP contribution is 2.27. The molecule has 0 saturated carbocycles. The van der Waals surface area contributed by atoms with Crippen LogP contribution in [0, 0.1) is 5.92 Å². The van der Waals surface area contributed by atoms with E-state index in [1.807, 2.05) is 0 Å². The third kappa shape index (κ3) is 4.62. The molecule has 0 radical (unpaired) electrons. The Bertz CT molecular complexity index is 495. The molecule has 1 fully saturated rings. The van der Waals surface area contributed by atoms with Gasteiger partial charge < -0.3 is 14.7 Å². The van der Waals surface area contributed by atoms with Gasteiger partial charge in [0.15, 0.2) is 12.5 Å². The minimum Gasteiger partial charge on any atom is -0.388 e. The molecular weight excluding hydrogens is 294 g/mol. The zero-order valence-corrected chi connectivity index (χ0v) is 14.2. The first kappa shape index (κ1) is 19.3. The quantitative estimate of drug-likeness (QED) is 0.423. The molecular formula is C18H27NO4. The van der Waals surface area contributed by atoms with Crippen LogP contribution in [0.3, 0.4) is 0 Å². The van der Waals surface area contributed by atoms with Crippen molar-refractivity contribution in [3.05, 3.63) is 36.0 Å². The number of amides is 1. The van der Waals surface area contributed by atoms with Gasteiger partial charge in [-0.05, 0) is 13.3 Å². The maximum Gasteiger partial charge on any atom is 0.256 e. The second-order valence-electron chi connectivity index (χ2n) is 5.72. The summed E-state index contributed by atoms with van der Waals surface area (Å²) in [6, 6.07) is 0. The lowest BCUT2D eigenvalue weighted by atomic mass is 9.97. The van der Waals surface area contributed by atoms with Crippen molar-refractivity contribution in [1.29, 1.82) is 0 Å². The molecule has 0 aromatic heterocycles. The van der Waals surface area contributed by atoms with E-state index in [0.717, 1.165) is 19.3 Å². The maximum absolute atomic E-state index is 12.6. The van der Waals surface area contributed by atoms with E-state index in [1.165, 1.54) is 11.0 Å². The number of aliphatic hydroxyl groups excluding tert-OH is 1. The fraction of sp³-hybridized carbons (Fsp3) is 0.556. The summed E-state index contributed by atoms with van der Waals surface area (Å²) >= 11 is 0. The maximum atomic E-state index is 12.6. The zero-order valence-electron chi connectivity index (χ0n) is 14.2. The summed E-state index contributed by atoms with van der Waals surface area (Å²) in [7, 11) is 1.57. The lowest BCUT2D eigenvalue weighted by Gasteiger charge is -2.28. The van der Waals surface area contributed by atoms with Crippen molar-refractivity contribution in [1.82, 2.24) is 4.90 Å². The first-order valence-corrected chi connectivity index (χ1v) is 8.03. The molecule has 1 aliphatic heterocycles. The molecule has 128 valence electrons. The van der Waals surface area contributed by atoms with E-state index in [0.29, 0.717) is 12.9 Å². The van der Waals surface area contributed by atoms with Crippen LogP contribution < -0.4 is 0 Å². The highest BCUT2D eigenvalue weighted by Gasteiger charge is 2.39. The first-order valence-electron chi connectivity index (χ1n) is 8.03. The summed E-state index contributed by atoms with van der Waals surface area (Å²) in [5.74, 6) is -0.354. The number of carbonyl (C=O) groups excluding carboxylic acids is 2. The van der Waals surface area contributed by atoms with Crippen molar-refractivity contribution in [3.63, 3.8) is 0 Å². The minimum atomic E-state index is -0.719. The lowest BCUT2D eigenvalue weighted by molar-refractivity contribution is -0.140. The zero-order chi connectivity index (χ0) is 17.4. The highest BCUT2D eigenvalue weighted by molar-refractivity contribution is 6.02. The second-order valence-corrected chi connectivity index (χ2v) is 5.72. The van der Waals surface area contributed by atoms with Crippen LogP contribution in [0.15, 0.2) is 36.0 Å². The molecule has 1 N–H and O–H groups in total. The predicted molar refractivity (Wildman–Crippen MR) is 89.6 cm³/mol. The Morgan fingerprint density at radius 3 is 2.70 bits per heavy atom. The number of ether oxygens (including phenoxy) is 1. The van der Waals surface area contributed by atoms with Crippen molar-refractivity contribution < 1.29 is 19.4 Å². The number of hydrogen-bond acceptors (Lipinski definition) is 4. The van der Waals surface area contributed by atoms with Crippen molar-refractivity contribution in [3.8, 4) is 0 Å². The summed E-state index contributed by atoms with van der Waals surface area (Å²) in [5, 5.41) is 10.4. The molecule has 0 bridgehead atoms. The van der Waals surface area contributed by atoms with Crippen molar-refractivity contribution in [2.75, 3.05) is 13.7 Å². The minimum absolute atomic E-state index is 0.0347. The van der Waals surface area contributed by atoms with Gasteiger partial charge in [-0.25, -0.2) is 0 Å². The van der Waals surface area contributed by atoms with Crippen LogP contribution in [0.2, 0.25) is 0 Å². The third-order valence-electron chi connectivity index (χ3n) is 4.11. The Morgan fingerprint density at radius 1 is 1.48 bits per heavy atom. The molecule has 1 saturated heterocycles. The Labute approximate surface area is 138 Å². The number of allylic oxidation sites excluding steroid dienone is 3. The standard InChI is InChI=1S/C18H27NO4/c1-5-8-10-14-12-23-18(16(14)21)19(4)17(22)15(7-3)13(11-20)9-6-2/h6-7,9,11,14,16,18,21H,3,5,8,10,12H2,1-2,4H3/b9-6-,15-13-. The van der Waals surface area contributed by atoms with E-state index in [2.05, 4.69) is 13.5 Å². The number of hydrogen-bond donors (Lipinski definition) is 1. The summed E-state index contributed by atoms with van der Waals surface area (Å²) in [4.78, 5) is 25.1. The van der Waals surface area contributed by atoms with Crippen LogP contribution in [-0.4, -0.2) is 48.2 Å². The van der Waals surface area contributed by atoms with Crippen LogP contribution in [0.25, 0.3) is 0 Å². The molecule has 0 aliphatic carbocycles. The van der Waals surface area contributed by atoms with Crippen molar-refractivity contribution in [2.24, 2.45) is 5.92 Å². The molecule has 3 unspecified atom stereocenters. The van der Waals surface area contributed by atoms with E-state index in [4.69, 9.17) is 4.74 Å². The molecule has 5 nitrogen and oxygen atoms in total. The number of carbonyl (C=O) groups is 2. The van der Waals surface area contributed by atoms with Crippen molar-refractivity contribution >= 4 is 12.2 Å². The van der Waals surface area contributed by atoms with Gasteiger partial charge in [-0.3, -0.25) is 9.59 Å². The van der Waals surface area contributed by atoms with Crippen LogP contribution in [0.4, 0.5) is 0 Å². The average molecular weight is 321 g/mol. The number of aldehydes is 1. The lowest BCUT2D eigenvalue weighted by Crippen LogP contribution is -2.44. The van der Waals surface area contributed by atoms with Crippen LogP contribution in [-0.2, 0) is 14.3 Å². The molecule has 1 rings (SSSR count). The summed E-state index contributed by atoms with van der Waals surface area (Å²) in [6.07, 6.45) is 6.76. The van der Waals surface area contributed by atoms with Gasteiger partial charge in [0.05, 0.1) is 6.61 Å². The van der Waals surface area contributed by atoms with Gasteiger partial charge in [-0.1, -0.05) is 44.6 Å². The van der Waals surface area contributed by atoms with Gasteiger partial charge in [0.2, 0.25) is 0 Å². The monoisotopic (exact) mass is 321 g/mol. The predicted octanol–water partition coefficient (Wildman–Crippen LogP) is 2.23. The van der Waals surface area contributed by atoms with Gasteiger partial charge >= 0.3 is 0 Å². The van der Waals surface area contributed by atoms with Gasteiger partial charge in [0, 0.05) is 24.1 Å². The second kappa shape index (κ2) is 9.43. The Balaban J connectivity index is 2.91. The van der Waals surface area contributed by atoms with Gasteiger partial charge in [0.1, 0.15) is 6.10 Å².